The second kappa shape index (κ2) is 2.82. The highest BCUT2D eigenvalue weighted by molar-refractivity contribution is 5.99. The Morgan fingerprint density at radius 2 is 2.09 bits per heavy atom. The summed E-state index contributed by atoms with van der Waals surface area (Å²) < 4.78 is 0. The van der Waals surface area contributed by atoms with Gasteiger partial charge in [-0.05, 0) is 0 Å². The zero-order chi connectivity index (χ0) is 8.43. The summed E-state index contributed by atoms with van der Waals surface area (Å²) in [6.45, 7) is 0. The maximum Gasteiger partial charge on any atom is 0.323 e. The first-order chi connectivity index (χ1) is 5.15. The lowest BCUT2D eigenvalue weighted by Gasteiger charge is -2.24. The fourth-order valence-corrected chi connectivity index (χ4v) is 0.678. The molecule has 1 heterocycles. The molecule has 3 amide bonds. The Kier molecular flexibility index (Phi) is 2.03. The molecule has 4 N–H and O–H groups in total. The lowest BCUT2D eigenvalue weighted by molar-refractivity contribution is -0.290. The van der Waals surface area contributed by atoms with E-state index in [-0.39, 0.29) is 0 Å². The van der Waals surface area contributed by atoms with Crippen molar-refractivity contribution in [2.24, 2.45) is 0 Å². The summed E-state index contributed by atoms with van der Waals surface area (Å²) in [6, 6.07) is -0.823. The van der Waals surface area contributed by atoms with Crippen LogP contribution >= 0.6 is 0 Å². The molecule has 11 heavy (non-hydrogen) atoms. The van der Waals surface area contributed by atoms with E-state index >= 15 is 0 Å². The number of nitrogens with one attached hydrogen (secondary N) is 2. The second-order valence-electron chi connectivity index (χ2n) is 1.93. The Hall–Kier alpha value is -1.18. The molecule has 62 valence electrons. The summed E-state index contributed by atoms with van der Waals surface area (Å²) >= 11 is 0. The third-order valence-electron chi connectivity index (χ3n) is 1.17. The Bertz CT molecular complexity index is 193. The number of hydrogen-bond acceptors (Lipinski definition) is 5. The predicted octanol–water partition coefficient (Wildman–Crippen LogP) is -2.00. The van der Waals surface area contributed by atoms with E-state index in [9.17, 15) is 9.59 Å². The molecule has 2 atom stereocenters. The molecule has 1 aliphatic heterocycles. The zero-order valence-electron chi connectivity index (χ0n) is 5.27. The number of aliphatic hydroxyl groups excluding tert-OH is 1. The normalized spacial score (nSPS) is 31.1. The van der Waals surface area contributed by atoms with Crippen LogP contribution in [-0.4, -0.2) is 34.6 Å². The van der Waals surface area contributed by atoms with Gasteiger partial charge in [-0.1, -0.05) is 0 Å². The molecular formula is C4H6N2O5. The highest BCUT2D eigenvalue weighted by Gasteiger charge is 2.35. The van der Waals surface area contributed by atoms with E-state index in [0.29, 0.717) is 0 Å². The van der Waals surface area contributed by atoms with E-state index in [2.05, 4.69) is 4.89 Å². The molecule has 0 aromatic rings. The van der Waals surface area contributed by atoms with Gasteiger partial charge in [0, 0.05) is 0 Å². The van der Waals surface area contributed by atoms with Crippen LogP contribution in [0.15, 0.2) is 0 Å². The van der Waals surface area contributed by atoms with Gasteiger partial charge in [-0.25, -0.2) is 9.68 Å². The Morgan fingerprint density at radius 1 is 1.45 bits per heavy atom. The first kappa shape index (κ1) is 7.92. The van der Waals surface area contributed by atoms with E-state index in [1.165, 1.54) is 0 Å². The monoisotopic (exact) mass is 162 g/mol. The molecule has 0 bridgehead atoms. The fraction of sp³-hybridized carbons (Fsp3) is 0.500. The van der Waals surface area contributed by atoms with Gasteiger partial charge >= 0.3 is 6.03 Å². The Balaban J connectivity index is 2.66. The van der Waals surface area contributed by atoms with Crippen molar-refractivity contribution in [2.45, 2.75) is 12.3 Å². The van der Waals surface area contributed by atoms with Crippen molar-refractivity contribution in [2.75, 3.05) is 0 Å². The van der Waals surface area contributed by atoms with Crippen LogP contribution in [-0.2, 0) is 9.68 Å². The summed E-state index contributed by atoms with van der Waals surface area (Å²) in [5.41, 5.74) is 0. The molecule has 1 saturated heterocycles. The summed E-state index contributed by atoms with van der Waals surface area (Å²) in [5, 5.41) is 20.6. The Labute approximate surface area is 60.9 Å². The van der Waals surface area contributed by atoms with Crippen LogP contribution < -0.4 is 10.6 Å². The molecule has 0 aromatic heterocycles. The predicted molar refractivity (Wildman–Crippen MR) is 30.2 cm³/mol. The summed E-state index contributed by atoms with van der Waals surface area (Å²) in [7, 11) is 0. The molecule has 1 fully saturated rings. The minimum absolute atomic E-state index is 0.823. The van der Waals surface area contributed by atoms with E-state index in [1.54, 1.807) is 5.32 Å². The SMILES string of the molecule is O=C1NC(=O)C(OO)C(O)N1. The van der Waals surface area contributed by atoms with Gasteiger partial charge < -0.3 is 10.4 Å². The van der Waals surface area contributed by atoms with Crippen LogP contribution in [0.5, 0.6) is 0 Å². The van der Waals surface area contributed by atoms with Crippen molar-refractivity contribution in [3.05, 3.63) is 0 Å². The van der Waals surface area contributed by atoms with Gasteiger partial charge in [0.15, 0.2) is 6.23 Å². The molecule has 7 heteroatoms. The van der Waals surface area contributed by atoms with Gasteiger partial charge in [-0.3, -0.25) is 15.4 Å². The topological polar surface area (TPSA) is 108 Å². The highest BCUT2D eigenvalue weighted by atomic mass is 17.1. The van der Waals surface area contributed by atoms with E-state index in [0.717, 1.165) is 0 Å². The summed E-state index contributed by atoms with van der Waals surface area (Å²) in [6.07, 6.45) is -2.98. The molecule has 0 aliphatic carbocycles. The number of amides is 3. The third-order valence-corrected chi connectivity index (χ3v) is 1.17. The van der Waals surface area contributed by atoms with E-state index < -0.39 is 24.3 Å². The fourth-order valence-electron chi connectivity index (χ4n) is 0.678. The van der Waals surface area contributed by atoms with Crippen LogP contribution in [0.25, 0.3) is 0 Å². The molecular weight excluding hydrogens is 156 g/mol. The molecule has 0 radical (unpaired) electrons. The molecule has 0 aromatic carbocycles. The number of carbonyl (C=O) groups excluding carboxylic acids is 2. The molecule has 2 unspecified atom stereocenters. The number of imide groups is 1. The summed E-state index contributed by atoms with van der Waals surface area (Å²) in [4.78, 5) is 24.6. The van der Waals surface area contributed by atoms with Crippen molar-refractivity contribution in [3.63, 3.8) is 0 Å². The largest absolute Gasteiger partial charge is 0.370 e. The van der Waals surface area contributed by atoms with Crippen LogP contribution in [0.4, 0.5) is 4.79 Å². The molecule has 0 spiro atoms. The van der Waals surface area contributed by atoms with Gasteiger partial charge in [0.25, 0.3) is 5.91 Å². The van der Waals surface area contributed by atoms with Crippen molar-refractivity contribution in [1.82, 2.24) is 10.6 Å². The summed E-state index contributed by atoms with van der Waals surface area (Å²) in [5.74, 6) is -0.885. The van der Waals surface area contributed by atoms with Gasteiger partial charge in [0.1, 0.15) is 0 Å². The smallest absolute Gasteiger partial charge is 0.323 e. The quantitative estimate of drug-likeness (QED) is 0.263. The van der Waals surface area contributed by atoms with Gasteiger partial charge in [0.2, 0.25) is 6.10 Å². The molecule has 0 saturated carbocycles. The maximum atomic E-state index is 10.6. The number of carbonyl (C=O) groups is 2. The average molecular weight is 162 g/mol. The lowest BCUT2D eigenvalue weighted by atomic mass is 10.2. The van der Waals surface area contributed by atoms with Gasteiger partial charge in [0.05, 0.1) is 0 Å². The first-order valence-corrected chi connectivity index (χ1v) is 2.75. The van der Waals surface area contributed by atoms with Crippen molar-refractivity contribution >= 4 is 11.9 Å². The maximum absolute atomic E-state index is 10.6. The van der Waals surface area contributed by atoms with Crippen LogP contribution in [0, 0.1) is 0 Å². The Morgan fingerprint density at radius 3 is 2.55 bits per heavy atom. The zero-order valence-corrected chi connectivity index (χ0v) is 5.27. The van der Waals surface area contributed by atoms with Crippen LogP contribution in [0.3, 0.4) is 0 Å². The highest BCUT2D eigenvalue weighted by Crippen LogP contribution is 1.99. The minimum atomic E-state index is -1.51. The van der Waals surface area contributed by atoms with E-state index in [4.69, 9.17) is 10.4 Å². The van der Waals surface area contributed by atoms with Gasteiger partial charge in [-0.2, -0.15) is 0 Å². The number of rotatable bonds is 1. The minimum Gasteiger partial charge on any atom is -0.370 e. The standard InChI is InChI=1S/C4H6N2O5/c7-2-1(11-10)3(8)6-4(9)5-2/h1-2,7,10H,(H2,5,6,8,9). The second-order valence-corrected chi connectivity index (χ2v) is 1.93. The van der Waals surface area contributed by atoms with Gasteiger partial charge in [-0.15, -0.1) is 0 Å². The first-order valence-electron chi connectivity index (χ1n) is 2.75. The number of hydrogen-bond donors (Lipinski definition) is 4. The van der Waals surface area contributed by atoms with Crippen molar-refractivity contribution in [1.29, 1.82) is 0 Å². The molecule has 7 nitrogen and oxygen atoms in total. The average Bonchev–Trinajstić information content (AvgIpc) is 1.85. The third kappa shape index (κ3) is 1.45. The number of urea groups is 1. The molecule has 1 aliphatic rings. The lowest BCUT2D eigenvalue weighted by Crippen LogP contribution is -2.61. The van der Waals surface area contributed by atoms with Crippen molar-refractivity contribution in [3.8, 4) is 0 Å². The molecule has 1 rings (SSSR count). The van der Waals surface area contributed by atoms with E-state index in [1.807, 2.05) is 5.32 Å². The van der Waals surface area contributed by atoms with Crippen molar-refractivity contribution < 1.29 is 24.8 Å². The number of aliphatic hydroxyl groups is 1. The van der Waals surface area contributed by atoms with Crippen LogP contribution in [0.2, 0.25) is 0 Å². The van der Waals surface area contributed by atoms with Crippen LogP contribution in [0.1, 0.15) is 0 Å².